The first-order chi connectivity index (χ1) is 9.02. The summed E-state index contributed by atoms with van der Waals surface area (Å²) in [6, 6.07) is 5.50. The highest BCUT2D eigenvalue weighted by Crippen LogP contribution is 2.30. The molecule has 1 aromatic carbocycles. The molecule has 0 bridgehead atoms. The van der Waals surface area contributed by atoms with E-state index in [2.05, 4.69) is 5.32 Å². The van der Waals surface area contributed by atoms with E-state index in [-0.39, 0.29) is 30.7 Å². The minimum Gasteiger partial charge on any atom is -0.327 e. The number of carbonyl (C=O) groups excluding carboxylic acids is 2. The van der Waals surface area contributed by atoms with Gasteiger partial charge >= 0.3 is 0 Å². The van der Waals surface area contributed by atoms with E-state index in [0.29, 0.717) is 5.69 Å². The molecule has 1 aliphatic rings. The van der Waals surface area contributed by atoms with E-state index in [4.69, 9.17) is 5.73 Å². The smallest absolute Gasteiger partial charge is 0.238 e. The van der Waals surface area contributed by atoms with Gasteiger partial charge in [-0.1, -0.05) is 12.1 Å². The second kappa shape index (κ2) is 5.50. The number of nitrogens with zero attached hydrogens (tertiary/aromatic N) is 1. The monoisotopic (exact) mass is 261 g/mol. The van der Waals surface area contributed by atoms with E-state index in [1.807, 2.05) is 25.2 Å². The average molecular weight is 261 g/mol. The molecule has 0 spiro atoms. The van der Waals surface area contributed by atoms with Crippen LogP contribution < -0.4 is 16.0 Å². The number of hydrogen-bond donors (Lipinski definition) is 2. The van der Waals surface area contributed by atoms with E-state index in [1.165, 1.54) is 4.90 Å². The van der Waals surface area contributed by atoms with Crippen LogP contribution >= 0.6 is 0 Å². The predicted molar refractivity (Wildman–Crippen MR) is 73.7 cm³/mol. The Morgan fingerprint density at radius 1 is 1.53 bits per heavy atom. The van der Waals surface area contributed by atoms with Crippen molar-refractivity contribution in [3.8, 4) is 0 Å². The second-order valence-electron chi connectivity index (χ2n) is 4.97. The van der Waals surface area contributed by atoms with Crippen molar-refractivity contribution in [2.45, 2.75) is 32.4 Å². The SMILES string of the molecule is CNCc1ccc2c(c1)CC(=O)N2C(=O)CC(C)N. The molecule has 1 aromatic rings. The lowest BCUT2D eigenvalue weighted by Crippen LogP contribution is -2.37. The molecule has 2 rings (SSSR count). The predicted octanol–water partition coefficient (Wildman–Crippen LogP) is 0.559. The Morgan fingerprint density at radius 2 is 2.26 bits per heavy atom. The number of hydrogen-bond acceptors (Lipinski definition) is 4. The summed E-state index contributed by atoms with van der Waals surface area (Å²) < 4.78 is 0. The zero-order valence-electron chi connectivity index (χ0n) is 11.3. The molecule has 1 aliphatic heterocycles. The lowest BCUT2D eigenvalue weighted by atomic mass is 10.1. The van der Waals surface area contributed by atoms with Gasteiger partial charge in [-0.25, -0.2) is 4.90 Å². The summed E-state index contributed by atoms with van der Waals surface area (Å²) in [6.07, 6.45) is 0.473. The molecule has 5 nitrogen and oxygen atoms in total. The molecule has 0 fully saturated rings. The number of imide groups is 1. The topological polar surface area (TPSA) is 75.4 Å². The Hall–Kier alpha value is -1.72. The minimum atomic E-state index is -0.243. The molecule has 0 aliphatic carbocycles. The number of rotatable bonds is 4. The summed E-state index contributed by atoms with van der Waals surface area (Å²) in [5.41, 5.74) is 8.35. The van der Waals surface area contributed by atoms with Crippen LogP contribution in [0.15, 0.2) is 18.2 Å². The maximum Gasteiger partial charge on any atom is 0.238 e. The zero-order valence-corrected chi connectivity index (χ0v) is 11.3. The van der Waals surface area contributed by atoms with Crippen LogP contribution in [0.5, 0.6) is 0 Å². The van der Waals surface area contributed by atoms with E-state index in [9.17, 15) is 9.59 Å². The zero-order chi connectivity index (χ0) is 14.0. The fourth-order valence-electron chi connectivity index (χ4n) is 2.33. The van der Waals surface area contributed by atoms with Crippen molar-refractivity contribution in [1.82, 2.24) is 5.32 Å². The first kappa shape index (κ1) is 13.7. The summed E-state index contributed by atoms with van der Waals surface area (Å²) in [7, 11) is 1.87. The van der Waals surface area contributed by atoms with Gasteiger partial charge in [0.25, 0.3) is 0 Å². The molecule has 19 heavy (non-hydrogen) atoms. The van der Waals surface area contributed by atoms with Crippen LogP contribution in [0, 0.1) is 0 Å². The quantitative estimate of drug-likeness (QED) is 0.830. The van der Waals surface area contributed by atoms with Crippen LogP contribution in [0.2, 0.25) is 0 Å². The second-order valence-corrected chi connectivity index (χ2v) is 4.97. The maximum atomic E-state index is 12.1. The fourth-order valence-corrected chi connectivity index (χ4v) is 2.33. The summed E-state index contributed by atoms with van der Waals surface area (Å²) in [5, 5.41) is 3.06. The number of nitrogens with two attached hydrogens (primary N) is 1. The van der Waals surface area contributed by atoms with Gasteiger partial charge in [0.05, 0.1) is 12.1 Å². The summed E-state index contributed by atoms with van der Waals surface area (Å²) in [5.74, 6) is -0.387. The van der Waals surface area contributed by atoms with Crippen molar-refractivity contribution in [1.29, 1.82) is 0 Å². The van der Waals surface area contributed by atoms with Gasteiger partial charge in [0.15, 0.2) is 0 Å². The largest absolute Gasteiger partial charge is 0.327 e. The third kappa shape index (κ3) is 2.83. The van der Waals surface area contributed by atoms with Crippen LogP contribution in [0.1, 0.15) is 24.5 Å². The van der Waals surface area contributed by atoms with Crippen molar-refractivity contribution in [2.75, 3.05) is 11.9 Å². The van der Waals surface area contributed by atoms with Crippen LogP contribution in [0.25, 0.3) is 0 Å². The Balaban J connectivity index is 2.26. The fraction of sp³-hybridized carbons (Fsp3) is 0.429. The molecule has 0 radical (unpaired) electrons. The van der Waals surface area contributed by atoms with Gasteiger partial charge in [0, 0.05) is 19.0 Å². The van der Waals surface area contributed by atoms with Crippen molar-refractivity contribution in [3.63, 3.8) is 0 Å². The maximum absolute atomic E-state index is 12.1. The molecule has 5 heteroatoms. The van der Waals surface area contributed by atoms with Crippen molar-refractivity contribution in [3.05, 3.63) is 29.3 Å². The Kier molecular flexibility index (Phi) is 3.97. The third-order valence-corrected chi connectivity index (χ3v) is 3.10. The van der Waals surface area contributed by atoms with Crippen LogP contribution in [0.4, 0.5) is 5.69 Å². The third-order valence-electron chi connectivity index (χ3n) is 3.10. The number of anilines is 1. The van der Waals surface area contributed by atoms with E-state index < -0.39 is 0 Å². The molecule has 3 N–H and O–H groups in total. The number of amides is 2. The van der Waals surface area contributed by atoms with Gasteiger partial charge in [0.1, 0.15) is 0 Å². The Labute approximate surface area is 112 Å². The molecule has 102 valence electrons. The lowest BCUT2D eigenvalue weighted by molar-refractivity contribution is -0.125. The first-order valence-corrected chi connectivity index (χ1v) is 6.40. The number of carbonyl (C=O) groups is 2. The average Bonchev–Trinajstić information content (AvgIpc) is 2.63. The molecule has 1 unspecified atom stereocenters. The van der Waals surface area contributed by atoms with Crippen LogP contribution in [-0.4, -0.2) is 24.9 Å². The lowest BCUT2D eigenvalue weighted by Gasteiger charge is -2.17. The highest BCUT2D eigenvalue weighted by molar-refractivity contribution is 6.19. The molecule has 1 atom stereocenters. The van der Waals surface area contributed by atoms with Gasteiger partial charge in [-0.2, -0.15) is 0 Å². The standard InChI is InChI=1S/C14H19N3O2/c1-9(15)5-13(18)17-12-4-3-10(8-16-2)6-11(12)7-14(17)19/h3-4,6,9,16H,5,7-8,15H2,1-2H3. The molecule has 0 saturated carbocycles. The van der Waals surface area contributed by atoms with Crippen molar-refractivity contribution >= 4 is 17.5 Å². The van der Waals surface area contributed by atoms with Crippen LogP contribution in [-0.2, 0) is 22.6 Å². The van der Waals surface area contributed by atoms with Gasteiger partial charge < -0.3 is 11.1 Å². The molecular weight excluding hydrogens is 242 g/mol. The summed E-state index contributed by atoms with van der Waals surface area (Å²) in [6.45, 7) is 2.50. The van der Waals surface area contributed by atoms with Crippen molar-refractivity contribution < 1.29 is 9.59 Å². The normalized spacial score (nSPS) is 15.5. The number of fused-ring (bicyclic) bond motifs is 1. The van der Waals surface area contributed by atoms with E-state index in [0.717, 1.165) is 17.7 Å². The van der Waals surface area contributed by atoms with E-state index in [1.54, 1.807) is 6.92 Å². The Morgan fingerprint density at radius 3 is 2.89 bits per heavy atom. The Bertz CT molecular complexity index is 511. The molecular formula is C14H19N3O2. The molecule has 2 amide bonds. The number of benzene rings is 1. The summed E-state index contributed by atoms with van der Waals surface area (Å²) in [4.78, 5) is 25.3. The highest BCUT2D eigenvalue weighted by atomic mass is 16.2. The van der Waals surface area contributed by atoms with Gasteiger partial charge in [-0.3, -0.25) is 9.59 Å². The highest BCUT2D eigenvalue weighted by Gasteiger charge is 2.32. The molecule has 1 heterocycles. The van der Waals surface area contributed by atoms with Gasteiger partial charge in [-0.05, 0) is 31.2 Å². The summed E-state index contributed by atoms with van der Waals surface area (Å²) >= 11 is 0. The van der Waals surface area contributed by atoms with Crippen LogP contribution in [0.3, 0.4) is 0 Å². The van der Waals surface area contributed by atoms with Gasteiger partial charge in [-0.15, -0.1) is 0 Å². The van der Waals surface area contributed by atoms with Crippen molar-refractivity contribution in [2.24, 2.45) is 5.73 Å². The number of nitrogens with one attached hydrogen (secondary N) is 1. The van der Waals surface area contributed by atoms with E-state index >= 15 is 0 Å². The first-order valence-electron chi connectivity index (χ1n) is 6.40. The minimum absolute atomic E-state index is 0.165. The van der Waals surface area contributed by atoms with Gasteiger partial charge in [0.2, 0.25) is 11.8 Å². The molecule has 0 saturated heterocycles. The molecule has 0 aromatic heterocycles.